The Morgan fingerprint density at radius 2 is 0.740 bits per heavy atom. The van der Waals surface area contributed by atoms with Crippen molar-refractivity contribution in [3.8, 4) is 67.5 Å². The molecule has 0 fully saturated rings. The van der Waals surface area contributed by atoms with E-state index in [9.17, 15) is 1.37 Å². The van der Waals surface area contributed by atoms with E-state index in [1.807, 2.05) is 72.8 Å². The Kier molecular flexibility index (Phi) is 5.42. The van der Waals surface area contributed by atoms with E-state index in [0.29, 0.717) is 22.3 Å². The van der Waals surface area contributed by atoms with Crippen molar-refractivity contribution in [2.24, 2.45) is 0 Å². The summed E-state index contributed by atoms with van der Waals surface area (Å²) in [5, 5.41) is 4.17. The molecule has 0 aliphatic heterocycles. The smallest absolute Gasteiger partial charge is 0.164 e. The second-order valence-electron chi connectivity index (χ2n) is 11.8. The summed E-state index contributed by atoms with van der Waals surface area (Å²) in [7, 11) is 0. The molecule has 0 saturated heterocycles. The van der Waals surface area contributed by atoms with Gasteiger partial charge in [0.05, 0.1) is 12.3 Å². The van der Waals surface area contributed by atoms with Gasteiger partial charge in [-0.2, -0.15) is 0 Å². The molecular formula is C47H31N3. The van der Waals surface area contributed by atoms with E-state index in [1.54, 1.807) is 24.3 Å². The quantitative estimate of drug-likeness (QED) is 0.180. The number of nitrogens with zero attached hydrogens (tertiary/aromatic N) is 3. The highest BCUT2D eigenvalue weighted by Gasteiger charge is 2.14. The maximum absolute atomic E-state index is 9.48. The topological polar surface area (TPSA) is 38.7 Å². The van der Waals surface area contributed by atoms with Crippen LogP contribution in [0.4, 0.5) is 0 Å². The summed E-state index contributed by atoms with van der Waals surface area (Å²) >= 11 is 0. The lowest BCUT2D eigenvalue weighted by molar-refractivity contribution is 1.07. The lowest BCUT2D eigenvalue weighted by Crippen LogP contribution is -2.00. The van der Waals surface area contributed by atoms with Crippen LogP contribution in [0.25, 0.3) is 89.1 Å². The molecular weight excluding hydrogens is 607 g/mol. The Morgan fingerprint density at radius 1 is 0.300 bits per heavy atom. The fourth-order valence-electron chi connectivity index (χ4n) is 6.06. The van der Waals surface area contributed by atoms with E-state index < -0.39 is 18.1 Å². The number of fused-ring (bicyclic) bond motifs is 2. The SMILES string of the molecule is [2H]c1c([2H])c([2H])c(-c2ccc(-c3nc(-c4ccccc4)nc(-c4c([2H])c([2H])c([2H])c(-c5ccc6cc(-c7ccc8ccccc8c7)ccc6c5)c4[2H])n3)cc2)c([2H])c1[2H]. The van der Waals surface area contributed by atoms with Crippen LogP contribution >= 0.6 is 0 Å². The van der Waals surface area contributed by atoms with Gasteiger partial charge < -0.3 is 0 Å². The van der Waals surface area contributed by atoms with Crippen LogP contribution in [-0.2, 0) is 0 Å². The third-order valence-electron chi connectivity index (χ3n) is 8.66. The average Bonchev–Trinajstić information content (AvgIpc) is 3.27. The molecule has 50 heavy (non-hydrogen) atoms. The van der Waals surface area contributed by atoms with Crippen molar-refractivity contribution in [2.75, 3.05) is 0 Å². The molecule has 0 N–H and O–H groups in total. The highest BCUT2D eigenvalue weighted by molar-refractivity contribution is 5.93. The van der Waals surface area contributed by atoms with E-state index in [-0.39, 0.29) is 70.4 Å². The minimum Gasteiger partial charge on any atom is -0.208 e. The van der Waals surface area contributed by atoms with Crippen LogP contribution in [0.15, 0.2) is 188 Å². The number of hydrogen-bond acceptors (Lipinski definition) is 3. The highest BCUT2D eigenvalue weighted by Crippen LogP contribution is 2.33. The molecule has 0 atom stereocenters. The van der Waals surface area contributed by atoms with E-state index in [4.69, 9.17) is 25.9 Å². The molecule has 8 aromatic carbocycles. The van der Waals surface area contributed by atoms with Crippen LogP contribution in [0.1, 0.15) is 12.3 Å². The molecule has 0 radical (unpaired) electrons. The molecule has 9 aromatic rings. The van der Waals surface area contributed by atoms with E-state index in [2.05, 4.69) is 36.4 Å². The predicted molar refractivity (Wildman–Crippen MR) is 207 cm³/mol. The summed E-state index contributed by atoms with van der Waals surface area (Å²) in [5.74, 6) is 0.431. The summed E-state index contributed by atoms with van der Waals surface area (Å²) < 4.78 is 77.4. The molecule has 0 amide bonds. The molecule has 234 valence electrons. The zero-order valence-electron chi connectivity index (χ0n) is 35.5. The Bertz CT molecular complexity index is 3130. The van der Waals surface area contributed by atoms with Crippen LogP contribution in [0, 0.1) is 0 Å². The largest absolute Gasteiger partial charge is 0.208 e. The predicted octanol–water partition coefficient (Wildman–Crippen LogP) is 12.2. The summed E-state index contributed by atoms with van der Waals surface area (Å²) in [4.78, 5) is 14.2. The van der Waals surface area contributed by atoms with Gasteiger partial charge in [-0.05, 0) is 79.2 Å². The first-order valence-corrected chi connectivity index (χ1v) is 16.1. The first-order valence-electron chi connectivity index (χ1n) is 20.6. The van der Waals surface area contributed by atoms with Gasteiger partial charge in [0.1, 0.15) is 0 Å². The number of rotatable bonds is 6. The van der Waals surface area contributed by atoms with Gasteiger partial charge in [-0.3, -0.25) is 0 Å². The van der Waals surface area contributed by atoms with Crippen molar-refractivity contribution in [1.82, 2.24) is 15.0 Å². The second-order valence-corrected chi connectivity index (χ2v) is 11.8. The summed E-state index contributed by atoms with van der Waals surface area (Å²) in [6, 6.07) is 39.0. The van der Waals surface area contributed by atoms with E-state index in [0.717, 1.165) is 27.3 Å². The van der Waals surface area contributed by atoms with Gasteiger partial charge in [0.2, 0.25) is 0 Å². The monoisotopic (exact) mass is 646 g/mol. The second kappa shape index (κ2) is 12.7. The summed E-state index contributed by atoms with van der Waals surface area (Å²) in [6.07, 6.45) is 0. The molecule has 1 aromatic heterocycles. The van der Waals surface area contributed by atoms with Crippen LogP contribution in [0.3, 0.4) is 0 Å². The molecule has 0 bridgehead atoms. The minimum atomic E-state index is -0.474. The van der Waals surface area contributed by atoms with Crippen LogP contribution in [0.2, 0.25) is 0 Å². The van der Waals surface area contributed by atoms with Crippen LogP contribution < -0.4 is 0 Å². The fraction of sp³-hybridized carbons (Fsp3) is 0. The molecule has 0 saturated carbocycles. The first-order chi connectivity index (χ1) is 28.5. The normalized spacial score (nSPS) is 13.7. The summed E-state index contributed by atoms with van der Waals surface area (Å²) in [5.41, 5.74) is 4.44. The van der Waals surface area contributed by atoms with Crippen molar-refractivity contribution in [1.29, 1.82) is 0 Å². The Hall–Kier alpha value is -6.71. The minimum absolute atomic E-state index is 0.0193. The molecule has 0 aliphatic carbocycles. The number of hydrogen-bond donors (Lipinski definition) is 0. The van der Waals surface area contributed by atoms with Gasteiger partial charge in [0.25, 0.3) is 0 Å². The molecule has 0 spiro atoms. The van der Waals surface area contributed by atoms with Gasteiger partial charge in [-0.25, -0.2) is 15.0 Å². The number of benzene rings is 8. The van der Waals surface area contributed by atoms with Gasteiger partial charge in [0.15, 0.2) is 17.5 Å². The van der Waals surface area contributed by atoms with Gasteiger partial charge in [-0.1, -0.05) is 164 Å². The summed E-state index contributed by atoms with van der Waals surface area (Å²) in [6.45, 7) is 0. The lowest BCUT2D eigenvalue weighted by Gasteiger charge is -2.11. The molecule has 3 nitrogen and oxygen atoms in total. The van der Waals surface area contributed by atoms with E-state index in [1.165, 1.54) is 5.39 Å². The van der Waals surface area contributed by atoms with Gasteiger partial charge in [0, 0.05) is 16.7 Å². The van der Waals surface area contributed by atoms with Crippen molar-refractivity contribution in [3.05, 3.63) is 188 Å². The maximum Gasteiger partial charge on any atom is 0.164 e. The maximum atomic E-state index is 9.48. The average molecular weight is 647 g/mol. The molecule has 0 aliphatic rings. The van der Waals surface area contributed by atoms with Gasteiger partial charge in [-0.15, -0.1) is 0 Å². The van der Waals surface area contributed by atoms with Gasteiger partial charge >= 0.3 is 0 Å². The Labute approximate surface area is 303 Å². The molecule has 9 rings (SSSR count). The molecule has 1 heterocycles. The van der Waals surface area contributed by atoms with Crippen molar-refractivity contribution in [2.45, 2.75) is 0 Å². The Balaban J connectivity index is 1.15. The third-order valence-corrected chi connectivity index (χ3v) is 8.66. The van der Waals surface area contributed by atoms with E-state index >= 15 is 0 Å². The first kappa shape index (κ1) is 21.3. The Morgan fingerprint density at radius 3 is 1.40 bits per heavy atom. The van der Waals surface area contributed by atoms with Crippen LogP contribution in [0.5, 0.6) is 0 Å². The zero-order valence-corrected chi connectivity index (χ0v) is 26.5. The third kappa shape index (κ3) is 5.82. The van der Waals surface area contributed by atoms with Crippen molar-refractivity contribution >= 4 is 21.5 Å². The highest BCUT2D eigenvalue weighted by atomic mass is 15.0. The van der Waals surface area contributed by atoms with Crippen molar-refractivity contribution < 1.29 is 12.3 Å². The fourth-order valence-corrected chi connectivity index (χ4v) is 6.06. The van der Waals surface area contributed by atoms with Crippen LogP contribution in [-0.4, -0.2) is 15.0 Å². The molecule has 3 heteroatoms. The zero-order chi connectivity index (χ0) is 41.1. The standard InChI is InChI=1S/C47H31N3/c1-3-10-32(11-4-1)34-18-21-36(22-19-34)46-48-45(35-13-5-2-6-14-35)49-47(50-46)44-17-9-16-38(31-44)39-24-25-43-30-42(27-26-41(43)29-39)40-23-20-33-12-7-8-15-37(33)28-40/h1-31H/i1D,3D,4D,9D,10D,11D,16D,17D,31D. The molecule has 0 unspecified atom stereocenters. The van der Waals surface area contributed by atoms with Crippen molar-refractivity contribution in [3.63, 3.8) is 0 Å². The lowest BCUT2D eigenvalue weighted by atomic mass is 9.96. The number of aromatic nitrogens is 3.